The summed E-state index contributed by atoms with van der Waals surface area (Å²) in [4.78, 5) is 50.8. The van der Waals surface area contributed by atoms with E-state index in [0.29, 0.717) is 11.3 Å². The molecule has 3 amide bonds. The number of aromatic hydroxyl groups is 1. The van der Waals surface area contributed by atoms with E-state index < -0.39 is 30.2 Å². The molecule has 0 aliphatic carbocycles. The maximum atomic E-state index is 13.0. The zero-order valence-corrected chi connectivity index (χ0v) is 17.2. The van der Waals surface area contributed by atoms with E-state index in [9.17, 15) is 24.3 Å². The van der Waals surface area contributed by atoms with Crippen LogP contribution in [0.25, 0.3) is 5.57 Å². The number of carboxylic acid groups (broad SMARTS) is 1. The summed E-state index contributed by atoms with van der Waals surface area (Å²) in [7, 11) is 0. The number of para-hydroxylation sites is 2. The SMILES string of the molecule is O=C(O)CN1C(=O)/C(=C2\SC(=S)N(NC(=O)c3ccccc3O)C2=O)c2ccccc21. The number of thioether (sulfide) groups is 1. The van der Waals surface area contributed by atoms with Crippen molar-refractivity contribution < 1.29 is 29.4 Å². The number of amides is 3. The van der Waals surface area contributed by atoms with Gasteiger partial charge in [-0.05, 0) is 30.4 Å². The molecule has 0 bridgehead atoms. The van der Waals surface area contributed by atoms with E-state index in [4.69, 9.17) is 17.3 Å². The summed E-state index contributed by atoms with van der Waals surface area (Å²) >= 11 is 6.03. The Bertz CT molecular complexity index is 1210. The summed E-state index contributed by atoms with van der Waals surface area (Å²) in [5.74, 6) is -3.60. The van der Waals surface area contributed by atoms with Gasteiger partial charge in [-0.3, -0.25) is 29.5 Å². The highest BCUT2D eigenvalue weighted by molar-refractivity contribution is 8.26. The Morgan fingerprint density at radius 2 is 1.71 bits per heavy atom. The standard InChI is InChI=1S/C20H13N3O6S2/c24-13-8-4-2-6-11(13)17(27)21-23-19(29)16(31-20(23)30)15-10-5-1-3-7-12(10)22(18(15)28)9-14(25)26/h1-8,24H,9H2,(H,21,27)(H,25,26)/b16-15-. The van der Waals surface area contributed by atoms with Crippen LogP contribution in [0.3, 0.4) is 0 Å². The Morgan fingerprint density at radius 1 is 1.03 bits per heavy atom. The zero-order valence-electron chi connectivity index (χ0n) is 15.6. The van der Waals surface area contributed by atoms with Crippen molar-refractivity contribution in [3.05, 3.63) is 64.6 Å². The van der Waals surface area contributed by atoms with Crippen LogP contribution >= 0.6 is 24.0 Å². The van der Waals surface area contributed by atoms with Crippen LogP contribution in [0.5, 0.6) is 5.75 Å². The molecule has 1 saturated heterocycles. The summed E-state index contributed by atoms with van der Waals surface area (Å²) in [6.45, 7) is -0.566. The van der Waals surface area contributed by atoms with Gasteiger partial charge in [0.2, 0.25) is 0 Å². The third kappa shape index (κ3) is 3.53. The molecule has 2 heterocycles. The number of carboxylic acids is 1. The number of thiocarbonyl (C=S) groups is 1. The minimum absolute atomic E-state index is 0.0155. The first-order chi connectivity index (χ1) is 14.8. The van der Waals surface area contributed by atoms with E-state index in [-0.39, 0.29) is 26.1 Å². The number of hydrogen-bond acceptors (Lipinski definition) is 7. The average molecular weight is 455 g/mol. The highest BCUT2D eigenvalue weighted by Crippen LogP contribution is 2.44. The number of nitrogens with zero attached hydrogens (tertiary/aromatic N) is 2. The van der Waals surface area contributed by atoms with Crippen molar-refractivity contribution in [2.45, 2.75) is 0 Å². The number of phenolic OH excluding ortho intramolecular Hbond substituents is 1. The van der Waals surface area contributed by atoms with Gasteiger partial charge in [0.1, 0.15) is 12.3 Å². The third-order valence-electron chi connectivity index (χ3n) is 4.57. The maximum absolute atomic E-state index is 13.0. The van der Waals surface area contributed by atoms with Crippen molar-refractivity contribution in [1.82, 2.24) is 10.4 Å². The smallest absolute Gasteiger partial charge is 0.323 e. The van der Waals surface area contributed by atoms with E-state index in [1.165, 1.54) is 12.1 Å². The third-order valence-corrected chi connectivity index (χ3v) is 5.95. The van der Waals surface area contributed by atoms with E-state index in [1.54, 1.807) is 36.4 Å². The van der Waals surface area contributed by atoms with Gasteiger partial charge in [-0.2, -0.15) is 5.01 Å². The van der Waals surface area contributed by atoms with E-state index >= 15 is 0 Å². The second kappa shape index (κ2) is 7.85. The van der Waals surface area contributed by atoms with Gasteiger partial charge in [0.05, 0.1) is 21.7 Å². The number of carbonyl (C=O) groups is 4. The monoisotopic (exact) mass is 455 g/mol. The second-order valence-corrected chi connectivity index (χ2v) is 8.12. The molecule has 11 heteroatoms. The highest BCUT2D eigenvalue weighted by atomic mass is 32.2. The van der Waals surface area contributed by atoms with Crippen molar-refractivity contribution in [2.24, 2.45) is 0 Å². The fourth-order valence-corrected chi connectivity index (χ4v) is 4.49. The quantitative estimate of drug-likeness (QED) is 0.470. The number of rotatable bonds is 4. The Hall–Kier alpha value is -3.70. The summed E-state index contributed by atoms with van der Waals surface area (Å²) in [5, 5.41) is 19.8. The number of benzene rings is 2. The van der Waals surface area contributed by atoms with Crippen LogP contribution in [0.15, 0.2) is 53.4 Å². The topological polar surface area (TPSA) is 127 Å². The fourth-order valence-electron chi connectivity index (χ4n) is 3.23. The van der Waals surface area contributed by atoms with Gasteiger partial charge in [-0.1, -0.05) is 42.1 Å². The van der Waals surface area contributed by atoms with Crippen LogP contribution in [0.2, 0.25) is 0 Å². The molecule has 2 aromatic carbocycles. The normalized spacial score (nSPS) is 17.9. The Balaban J connectivity index is 1.69. The lowest BCUT2D eigenvalue weighted by Gasteiger charge is -2.16. The van der Waals surface area contributed by atoms with Crippen molar-refractivity contribution in [3.8, 4) is 5.75 Å². The lowest BCUT2D eigenvalue weighted by atomic mass is 10.1. The first-order valence-corrected chi connectivity index (χ1v) is 10.0. The van der Waals surface area contributed by atoms with Crippen LogP contribution in [0, 0.1) is 0 Å². The molecule has 2 aliphatic rings. The van der Waals surface area contributed by atoms with Gasteiger partial charge in [-0.15, -0.1) is 0 Å². The minimum atomic E-state index is -1.20. The molecule has 0 aromatic heterocycles. The Kier molecular flexibility index (Phi) is 5.21. The molecule has 0 spiro atoms. The molecular weight excluding hydrogens is 442 g/mol. The van der Waals surface area contributed by atoms with E-state index in [1.807, 2.05) is 0 Å². The second-order valence-electron chi connectivity index (χ2n) is 6.47. The van der Waals surface area contributed by atoms with Gasteiger partial charge in [-0.25, -0.2) is 0 Å². The largest absolute Gasteiger partial charge is 0.507 e. The molecule has 156 valence electrons. The molecule has 9 nitrogen and oxygen atoms in total. The van der Waals surface area contributed by atoms with Gasteiger partial charge < -0.3 is 10.2 Å². The van der Waals surface area contributed by atoms with Crippen molar-refractivity contribution in [3.63, 3.8) is 0 Å². The van der Waals surface area contributed by atoms with Crippen LogP contribution in [-0.4, -0.2) is 49.8 Å². The molecule has 0 saturated carbocycles. The number of nitrogens with one attached hydrogen (secondary N) is 1. The van der Waals surface area contributed by atoms with Gasteiger partial charge in [0.15, 0.2) is 4.32 Å². The van der Waals surface area contributed by atoms with Crippen LogP contribution in [0.4, 0.5) is 5.69 Å². The zero-order chi connectivity index (χ0) is 22.3. The molecular formula is C20H13N3O6S2. The summed E-state index contributed by atoms with van der Waals surface area (Å²) in [5.41, 5.74) is 3.08. The van der Waals surface area contributed by atoms with E-state index in [2.05, 4.69) is 5.43 Å². The number of hydrazine groups is 1. The Labute approximate surface area is 184 Å². The molecule has 0 radical (unpaired) electrons. The average Bonchev–Trinajstić information content (AvgIpc) is 3.16. The predicted molar refractivity (Wildman–Crippen MR) is 116 cm³/mol. The molecule has 4 rings (SSSR count). The summed E-state index contributed by atoms with van der Waals surface area (Å²) in [6.07, 6.45) is 0. The molecule has 0 atom stereocenters. The van der Waals surface area contributed by atoms with Crippen LogP contribution in [0.1, 0.15) is 15.9 Å². The predicted octanol–water partition coefficient (Wildman–Crippen LogP) is 1.74. The van der Waals surface area contributed by atoms with Gasteiger partial charge in [0, 0.05) is 5.56 Å². The number of anilines is 1. The first-order valence-electron chi connectivity index (χ1n) is 8.82. The number of fused-ring (bicyclic) bond motifs is 1. The molecule has 2 aromatic rings. The van der Waals surface area contributed by atoms with Gasteiger partial charge in [0.25, 0.3) is 17.7 Å². The first kappa shape index (κ1) is 20.6. The lowest BCUT2D eigenvalue weighted by Crippen LogP contribution is -2.45. The fraction of sp³-hybridized carbons (Fsp3) is 0.0500. The molecule has 2 aliphatic heterocycles. The Morgan fingerprint density at radius 3 is 2.42 bits per heavy atom. The molecule has 3 N–H and O–H groups in total. The maximum Gasteiger partial charge on any atom is 0.323 e. The van der Waals surface area contributed by atoms with Crippen molar-refractivity contribution >= 4 is 63.3 Å². The summed E-state index contributed by atoms with van der Waals surface area (Å²) in [6, 6.07) is 12.3. The van der Waals surface area contributed by atoms with Crippen LogP contribution in [-0.2, 0) is 14.4 Å². The van der Waals surface area contributed by atoms with E-state index in [0.717, 1.165) is 21.7 Å². The number of phenols is 1. The molecule has 31 heavy (non-hydrogen) atoms. The number of carbonyl (C=O) groups excluding carboxylic acids is 3. The minimum Gasteiger partial charge on any atom is -0.507 e. The number of aliphatic carboxylic acids is 1. The lowest BCUT2D eigenvalue weighted by molar-refractivity contribution is -0.136. The molecule has 1 fully saturated rings. The highest BCUT2D eigenvalue weighted by Gasteiger charge is 2.43. The van der Waals surface area contributed by atoms with Crippen molar-refractivity contribution in [1.29, 1.82) is 0 Å². The van der Waals surface area contributed by atoms with Gasteiger partial charge >= 0.3 is 5.97 Å². The van der Waals surface area contributed by atoms with Crippen LogP contribution < -0.4 is 10.3 Å². The molecule has 0 unspecified atom stereocenters. The summed E-state index contributed by atoms with van der Waals surface area (Å²) < 4.78 is -0.0155. The van der Waals surface area contributed by atoms with Crippen molar-refractivity contribution in [2.75, 3.05) is 11.4 Å². The number of hydrogen-bond donors (Lipinski definition) is 3.